The number of carbonyl (C=O) groups excluding carboxylic acids is 1. The van der Waals surface area contributed by atoms with Gasteiger partial charge in [-0.1, -0.05) is 12.1 Å². The molecule has 0 saturated heterocycles. The standard InChI is InChI=1S/C32H26F2N4O6S/c1-17-9-19(11-21(10-17)43-30(33)34)29(39)37-8-7-22-18(5-4-6-25(22)37)16-42-26-12-20(40-2)13-27-23(26)14-28(44-27)24-15-38-31(35-24)45-32(36-38)41-3/h4-6,9-15,30H,7-8,16H2,1-3H3. The molecule has 230 valence electrons. The van der Waals surface area contributed by atoms with E-state index in [1.165, 1.54) is 23.5 Å². The number of aryl methyl sites for hydroxylation is 1. The molecule has 6 aromatic rings. The lowest BCUT2D eigenvalue weighted by atomic mass is 10.1. The Hall–Kier alpha value is -5.17. The highest BCUT2D eigenvalue weighted by Crippen LogP contribution is 2.39. The third-order valence-corrected chi connectivity index (χ3v) is 8.42. The molecule has 0 aliphatic carbocycles. The predicted molar refractivity (Wildman–Crippen MR) is 163 cm³/mol. The van der Waals surface area contributed by atoms with Crippen LogP contribution >= 0.6 is 11.3 Å². The number of imidazole rings is 1. The van der Waals surface area contributed by atoms with Crippen molar-refractivity contribution >= 4 is 38.9 Å². The number of rotatable bonds is 9. The van der Waals surface area contributed by atoms with Gasteiger partial charge in [0.15, 0.2) is 5.76 Å². The summed E-state index contributed by atoms with van der Waals surface area (Å²) in [6.07, 6.45) is 2.39. The zero-order valence-electron chi connectivity index (χ0n) is 24.4. The van der Waals surface area contributed by atoms with E-state index in [4.69, 9.17) is 18.6 Å². The van der Waals surface area contributed by atoms with E-state index in [0.717, 1.165) is 22.2 Å². The fourth-order valence-corrected chi connectivity index (χ4v) is 6.24. The number of furan rings is 1. The summed E-state index contributed by atoms with van der Waals surface area (Å²) in [5.74, 6) is 1.34. The largest absolute Gasteiger partial charge is 0.496 e. The van der Waals surface area contributed by atoms with Gasteiger partial charge < -0.3 is 28.3 Å². The Kier molecular flexibility index (Phi) is 7.24. The Labute approximate surface area is 259 Å². The summed E-state index contributed by atoms with van der Waals surface area (Å²) in [5, 5.41) is 5.59. The van der Waals surface area contributed by atoms with Crippen LogP contribution in [0.25, 0.3) is 27.4 Å². The summed E-state index contributed by atoms with van der Waals surface area (Å²) < 4.78 is 55.1. The number of halogens is 2. The number of aromatic nitrogens is 3. The van der Waals surface area contributed by atoms with Gasteiger partial charge in [-0.15, -0.1) is 5.10 Å². The maximum atomic E-state index is 13.5. The molecule has 0 spiro atoms. The molecule has 0 radical (unpaired) electrons. The van der Waals surface area contributed by atoms with Gasteiger partial charge in [-0.2, -0.15) is 8.78 Å². The van der Waals surface area contributed by atoms with Crippen molar-refractivity contribution in [3.63, 3.8) is 0 Å². The Morgan fingerprint density at radius 1 is 1.09 bits per heavy atom. The highest BCUT2D eigenvalue weighted by Gasteiger charge is 2.28. The average molecular weight is 633 g/mol. The molecule has 4 heterocycles. The molecule has 45 heavy (non-hydrogen) atoms. The second-order valence-electron chi connectivity index (χ2n) is 10.4. The van der Waals surface area contributed by atoms with Crippen molar-refractivity contribution in [1.29, 1.82) is 0 Å². The summed E-state index contributed by atoms with van der Waals surface area (Å²) >= 11 is 1.32. The van der Waals surface area contributed by atoms with Crippen LogP contribution in [-0.2, 0) is 13.0 Å². The Morgan fingerprint density at radius 3 is 2.73 bits per heavy atom. The Bertz CT molecular complexity index is 2040. The lowest BCUT2D eigenvalue weighted by molar-refractivity contribution is -0.0499. The molecule has 0 fully saturated rings. The summed E-state index contributed by atoms with van der Waals surface area (Å²) in [4.78, 5) is 20.5. The first kappa shape index (κ1) is 28.6. The van der Waals surface area contributed by atoms with E-state index in [2.05, 4.69) is 14.8 Å². The first-order valence-corrected chi connectivity index (χ1v) is 14.8. The van der Waals surface area contributed by atoms with Crippen LogP contribution in [0.15, 0.2) is 65.2 Å². The SMILES string of the molecule is COc1cc(OCc2cccc3c2CCN3C(=O)c2cc(C)cc(OC(F)F)c2)c2cc(-c3cn4nc(OC)sc4n3)oc2c1. The van der Waals surface area contributed by atoms with Gasteiger partial charge in [-0.05, 0) is 71.7 Å². The van der Waals surface area contributed by atoms with Crippen LogP contribution < -0.4 is 23.8 Å². The highest BCUT2D eigenvalue weighted by molar-refractivity contribution is 7.18. The maximum absolute atomic E-state index is 13.5. The molecule has 13 heteroatoms. The van der Waals surface area contributed by atoms with E-state index in [0.29, 0.717) is 57.2 Å². The molecule has 0 unspecified atom stereocenters. The molecule has 1 amide bonds. The van der Waals surface area contributed by atoms with Crippen molar-refractivity contribution < 1.29 is 36.9 Å². The number of anilines is 1. The molecular formula is C32H26F2N4O6S. The van der Waals surface area contributed by atoms with Crippen LogP contribution in [0.5, 0.6) is 22.4 Å². The van der Waals surface area contributed by atoms with Crippen LogP contribution in [0.2, 0.25) is 0 Å². The minimum absolute atomic E-state index is 0.0495. The monoisotopic (exact) mass is 632 g/mol. The predicted octanol–water partition coefficient (Wildman–Crippen LogP) is 6.91. The molecule has 0 N–H and O–H groups in total. The van der Waals surface area contributed by atoms with E-state index in [1.807, 2.05) is 24.3 Å². The van der Waals surface area contributed by atoms with Crippen molar-refractivity contribution in [2.24, 2.45) is 0 Å². The summed E-state index contributed by atoms with van der Waals surface area (Å²) in [5.41, 5.74) is 4.77. The lowest BCUT2D eigenvalue weighted by Crippen LogP contribution is -2.29. The van der Waals surface area contributed by atoms with E-state index < -0.39 is 6.61 Å². The van der Waals surface area contributed by atoms with Gasteiger partial charge in [0.05, 0.1) is 25.8 Å². The molecule has 3 aromatic carbocycles. The normalized spacial score (nSPS) is 12.7. The van der Waals surface area contributed by atoms with Crippen molar-refractivity contribution in [3.05, 3.63) is 83.0 Å². The van der Waals surface area contributed by atoms with Gasteiger partial charge >= 0.3 is 6.61 Å². The van der Waals surface area contributed by atoms with Gasteiger partial charge in [0.1, 0.15) is 35.1 Å². The summed E-state index contributed by atoms with van der Waals surface area (Å²) in [7, 11) is 3.13. The second kappa shape index (κ2) is 11.4. The van der Waals surface area contributed by atoms with E-state index >= 15 is 0 Å². The van der Waals surface area contributed by atoms with Gasteiger partial charge in [0.25, 0.3) is 11.1 Å². The minimum atomic E-state index is -2.98. The first-order chi connectivity index (χ1) is 21.8. The lowest BCUT2D eigenvalue weighted by Gasteiger charge is -2.19. The quantitative estimate of drug-likeness (QED) is 0.170. The van der Waals surface area contributed by atoms with Gasteiger partial charge in [-0.25, -0.2) is 9.50 Å². The molecule has 3 aromatic heterocycles. The molecule has 0 bridgehead atoms. The van der Waals surface area contributed by atoms with Crippen LogP contribution in [0.3, 0.4) is 0 Å². The van der Waals surface area contributed by atoms with Crippen molar-refractivity contribution in [2.45, 2.75) is 26.6 Å². The second-order valence-corrected chi connectivity index (χ2v) is 11.3. The third kappa shape index (κ3) is 5.39. The summed E-state index contributed by atoms with van der Waals surface area (Å²) in [6, 6.07) is 15.7. The van der Waals surface area contributed by atoms with E-state index in [-0.39, 0.29) is 23.8 Å². The maximum Gasteiger partial charge on any atom is 0.387 e. The van der Waals surface area contributed by atoms with Gasteiger partial charge in [-0.3, -0.25) is 4.79 Å². The molecule has 1 aliphatic rings. The smallest absolute Gasteiger partial charge is 0.387 e. The van der Waals surface area contributed by atoms with Crippen LogP contribution in [0, 0.1) is 6.92 Å². The van der Waals surface area contributed by atoms with E-state index in [9.17, 15) is 13.6 Å². The molecule has 0 saturated carbocycles. The zero-order chi connectivity index (χ0) is 31.2. The number of methoxy groups -OCH3 is 2. The fourth-order valence-electron chi connectivity index (χ4n) is 5.54. The molecule has 1 aliphatic heterocycles. The highest BCUT2D eigenvalue weighted by atomic mass is 32.1. The number of alkyl halides is 2. The first-order valence-electron chi connectivity index (χ1n) is 13.9. The van der Waals surface area contributed by atoms with Crippen molar-refractivity contribution in [3.8, 4) is 33.9 Å². The molecular weight excluding hydrogens is 606 g/mol. The van der Waals surface area contributed by atoms with Crippen LogP contribution in [0.4, 0.5) is 14.5 Å². The zero-order valence-corrected chi connectivity index (χ0v) is 25.2. The number of hydrogen-bond acceptors (Lipinski definition) is 9. The van der Waals surface area contributed by atoms with E-state index in [1.54, 1.807) is 55.0 Å². The number of carbonyl (C=O) groups is 1. The average Bonchev–Trinajstić information content (AvgIpc) is 3.80. The number of amides is 1. The number of fused-ring (bicyclic) bond motifs is 3. The fraction of sp³-hybridized carbons (Fsp3) is 0.219. The van der Waals surface area contributed by atoms with Crippen LogP contribution in [0.1, 0.15) is 27.0 Å². The third-order valence-electron chi connectivity index (χ3n) is 7.54. The number of benzene rings is 3. The Morgan fingerprint density at radius 2 is 1.96 bits per heavy atom. The van der Waals surface area contributed by atoms with Crippen molar-refractivity contribution in [1.82, 2.24) is 14.6 Å². The molecule has 0 atom stereocenters. The summed E-state index contributed by atoms with van der Waals surface area (Å²) in [6.45, 7) is -0.571. The topological polar surface area (TPSA) is 101 Å². The molecule has 10 nitrogen and oxygen atoms in total. The number of hydrogen-bond donors (Lipinski definition) is 0. The van der Waals surface area contributed by atoms with Crippen LogP contribution in [-0.4, -0.2) is 47.9 Å². The minimum Gasteiger partial charge on any atom is -0.496 e. The number of ether oxygens (including phenoxy) is 4. The van der Waals surface area contributed by atoms with Gasteiger partial charge in [0, 0.05) is 29.9 Å². The number of nitrogens with zero attached hydrogens (tertiary/aromatic N) is 4. The Balaban J connectivity index is 1.15. The van der Waals surface area contributed by atoms with Gasteiger partial charge in [0.2, 0.25) is 4.96 Å². The van der Waals surface area contributed by atoms with Crippen molar-refractivity contribution in [2.75, 3.05) is 25.7 Å². The molecule has 7 rings (SSSR count).